The number of carbonyl (C=O) groups excluding carboxylic acids is 1. The lowest BCUT2D eigenvalue weighted by Gasteiger charge is -2.40. The minimum absolute atomic E-state index is 0.0520. The lowest BCUT2D eigenvalue weighted by Crippen LogP contribution is -2.54. The zero-order valence-electron chi connectivity index (χ0n) is 16.4. The summed E-state index contributed by atoms with van der Waals surface area (Å²) in [6.07, 6.45) is 1.78. The highest BCUT2D eigenvalue weighted by Gasteiger charge is 2.35. The van der Waals surface area contributed by atoms with Crippen LogP contribution in [0.1, 0.15) is 11.6 Å². The first kappa shape index (κ1) is 19.8. The molecule has 2 aromatic rings. The molecule has 2 fully saturated rings. The molecule has 8 heteroatoms. The Kier molecular flexibility index (Phi) is 5.82. The number of nitrogens with zero attached hydrogens (tertiary/aromatic N) is 4. The van der Waals surface area contributed by atoms with Crippen LogP contribution in [0.5, 0.6) is 0 Å². The highest BCUT2D eigenvalue weighted by Crippen LogP contribution is 2.26. The van der Waals surface area contributed by atoms with Crippen LogP contribution in [0.2, 0.25) is 0 Å². The molecule has 2 saturated heterocycles. The molecule has 7 nitrogen and oxygen atoms in total. The summed E-state index contributed by atoms with van der Waals surface area (Å²) < 4.78 is 23.7. The van der Waals surface area contributed by atoms with Crippen molar-refractivity contribution in [2.24, 2.45) is 0 Å². The van der Waals surface area contributed by atoms with E-state index in [1.807, 2.05) is 58.3 Å². The van der Waals surface area contributed by atoms with E-state index >= 15 is 0 Å². The van der Waals surface area contributed by atoms with Crippen molar-refractivity contribution in [3.63, 3.8) is 0 Å². The van der Waals surface area contributed by atoms with E-state index < -0.39 is 15.9 Å². The van der Waals surface area contributed by atoms with Crippen molar-refractivity contribution < 1.29 is 13.2 Å². The quantitative estimate of drug-likeness (QED) is 0.749. The van der Waals surface area contributed by atoms with Gasteiger partial charge in [0.05, 0.1) is 11.5 Å². The lowest BCUT2D eigenvalue weighted by atomic mass is 10.0. The number of carbonyl (C=O) groups is 1. The van der Waals surface area contributed by atoms with Gasteiger partial charge in [-0.15, -0.1) is 0 Å². The summed E-state index contributed by atoms with van der Waals surface area (Å²) >= 11 is 0. The molecule has 154 valence electrons. The monoisotopic (exact) mass is 414 g/mol. The topological polar surface area (TPSA) is 73.8 Å². The van der Waals surface area contributed by atoms with Crippen molar-refractivity contribution in [3.8, 4) is 0 Å². The minimum Gasteiger partial charge on any atom is -0.353 e. The highest BCUT2D eigenvalue weighted by molar-refractivity contribution is 7.91. The standard InChI is InChI=1S/C21H26N4O3S/c26-21(25-12-10-23(11-13-25)19-8-4-5-9-22-19)20(18-6-2-1-3-7-18)24-14-16-29(27,28)17-15-24/h1-9,20H,10-17H2. The van der Waals surface area contributed by atoms with Crippen molar-refractivity contribution in [1.29, 1.82) is 0 Å². The fraction of sp³-hybridized carbons (Fsp3) is 0.429. The van der Waals surface area contributed by atoms with Crippen LogP contribution in [-0.2, 0) is 14.6 Å². The Labute approximate surface area is 171 Å². The Bertz CT molecular complexity index is 915. The molecule has 3 heterocycles. The second-order valence-electron chi connectivity index (χ2n) is 7.50. The molecular weight excluding hydrogens is 388 g/mol. The smallest absolute Gasteiger partial charge is 0.244 e. The summed E-state index contributed by atoms with van der Waals surface area (Å²) in [5.74, 6) is 1.20. The van der Waals surface area contributed by atoms with E-state index in [2.05, 4.69) is 9.88 Å². The number of amides is 1. The van der Waals surface area contributed by atoms with Gasteiger partial charge in [-0.25, -0.2) is 13.4 Å². The highest BCUT2D eigenvalue weighted by atomic mass is 32.2. The number of rotatable bonds is 4. The van der Waals surface area contributed by atoms with Gasteiger partial charge in [0.25, 0.3) is 0 Å². The molecular formula is C21H26N4O3S. The summed E-state index contributed by atoms with van der Waals surface area (Å²) in [5.41, 5.74) is 0.920. The Morgan fingerprint density at radius 2 is 1.52 bits per heavy atom. The van der Waals surface area contributed by atoms with Crippen molar-refractivity contribution in [2.45, 2.75) is 6.04 Å². The molecule has 1 unspecified atom stereocenters. The molecule has 1 atom stereocenters. The zero-order valence-corrected chi connectivity index (χ0v) is 17.2. The van der Waals surface area contributed by atoms with Crippen LogP contribution in [-0.4, -0.2) is 79.9 Å². The molecule has 1 aromatic carbocycles. The summed E-state index contributed by atoms with van der Waals surface area (Å²) in [5, 5.41) is 0. The molecule has 29 heavy (non-hydrogen) atoms. The largest absolute Gasteiger partial charge is 0.353 e. The lowest BCUT2D eigenvalue weighted by molar-refractivity contribution is -0.137. The van der Waals surface area contributed by atoms with E-state index in [9.17, 15) is 13.2 Å². The Morgan fingerprint density at radius 3 is 2.14 bits per heavy atom. The molecule has 1 amide bonds. The number of benzene rings is 1. The van der Waals surface area contributed by atoms with Gasteiger partial charge in [0, 0.05) is 45.5 Å². The van der Waals surface area contributed by atoms with Crippen molar-refractivity contribution >= 4 is 21.6 Å². The SMILES string of the molecule is O=C(C(c1ccccc1)N1CCS(=O)(=O)CC1)N1CCN(c2ccccn2)CC1. The zero-order chi connectivity index (χ0) is 20.3. The Balaban J connectivity index is 1.49. The average Bonchev–Trinajstić information content (AvgIpc) is 2.76. The van der Waals surface area contributed by atoms with E-state index in [4.69, 9.17) is 0 Å². The molecule has 4 rings (SSSR count). The molecule has 0 saturated carbocycles. The van der Waals surface area contributed by atoms with E-state index in [0.717, 1.165) is 24.5 Å². The van der Waals surface area contributed by atoms with Crippen LogP contribution in [0, 0.1) is 0 Å². The predicted molar refractivity (Wildman–Crippen MR) is 112 cm³/mol. The van der Waals surface area contributed by atoms with Gasteiger partial charge in [0.15, 0.2) is 9.84 Å². The molecule has 2 aliphatic heterocycles. The second-order valence-corrected chi connectivity index (χ2v) is 9.80. The first-order valence-electron chi connectivity index (χ1n) is 9.98. The van der Waals surface area contributed by atoms with Gasteiger partial charge < -0.3 is 9.80 Å². The number of piperazine rings is 1. The number of hydrogen-bond donors (Lipinski definition) is 0. The fourth-order valence-corrected chi connectivity index (χ4v) is 5.23. The summed E-state index contributed by atoms with van der Waals surface area (Å²) in [7, 11) is -3.00. The van der Waals surface area contributed by atoms with Crippen LogP contribution in [0.3, 0.4) is 0 Å². The molecule has 0 spiro atoms. The third-order valence-corrected chi connectivity index (χ3v) is 7.27. The van der Waals surface area contributed by atoms with Gasteiger partial charge in [-0.2, -0.15) is 0 Å². The van der Waals surface area contributed by atoms with Crippen molar-refractivity contribution in [1.82, 2.24) is 14.8 Å². The summed E-state index contributed by atoms with van der Waals surface area (Å²) in [6.45, 7) is 3.51. The van der Waals surface area contributed by atoms with E-state index in [1.54, 1.807) is 6.20 Å². The van der Waals surface area contributed by atoms with Gasteiger partial charge >= 0.3 is 0 Å². The van der Waals surface area contributed by atoms with Crippen molar-refractivity contribution in [2.75, 3.05) is 55.7 Å². The average molecular weight is 415 g/mol. The van der Waals surface area contributed by atoms with Gasteiger partial charge in [-0.1, -0.05) is 36.4 Å². The fourth-order valence-electron chi connectivity index (χ4n) is 4.00. The van der Waals surface area contributed by atoms with Gasteiger partial charge in [-0.05, 0) is 17.7 Å². The Hall–Kier alpha value is -2.45. The first-order valence-corrected chi connectivity index (χ1v) is 11.8. The second kappa shape index (κ2) is 8.51. The van der Waals surface area contributed by atoms with Gasteiger partial charge in [0.1, 0.15) is 11.9 Å². The molecule has 0 bridgehead atoms. The normalized spacial score (nSPS) is 21.0. The van der Waals surface area contributed by atoms with Gasteiger partial charge in [-0.3, -0.25) is 9.69 Å². The van der Waals surface area contributed by atoms with Crippen LogP contribution in [0.15, 0.2) is 54.7 Å². The molecule has 0 aliphatic carbocycles. The van der Waals surface area contributed by atoms with E-state index in [1.165, 1.54) is 0 Å². The number of sulfone groups is 1. The van der Waals surface area contributed by atoms with Crippen LogP contribution in [0.25, 0.3) is 0 Å². The number of anilines is 1. The van der Waals surface area contributed by atoms with Crippen molar-refractivity contribution in [3.05, 3.63) is 60.3 Å². The van der Waals surface area contributed by atoms with Gasteiger partial charge in [0.2, 0.25) is 5.91 Å². The first-order chi connectivity index (χ1) is 14.0. The summed E-state index contributed by atoms with van der Waals surface area (Å²) in [4.78, 5) is 24.0. The molecule has 0 N–H and O–H groups in total. The third-order valence-electron chi connectivity index (χ3n) is 5.66. The number of hydrogen-bond acceptors (Lipinski definition) is 6. The number of pyridine rings is 1. The summed E-state index contributed by atoms with van der Waals surface area (Å²) in [6, 6.07) is 15.1. The molecule has 2 aliphatic rings. The predicted octanol–water partition coefficient (Wildman–Crippen LogP) is 1.20. The van der Waals surface area contributed by atoms with E-state index in [-0.39, 0.29) is 17.4 Å². The molecule has 1 aromatic heterocycles. The maximum absolute atomic E-state index is 13.5. The van der Waals surface area contributed by atoms with Crippen LogP contribution in [0.4, 0.5) is 5.82 Å². The molecule has 0 radical (unpaired) electrons. The van der Waals surface area contributed by atoms with Crippen LogP contribution < -0.4 is 4.90 Å². The van der Waals surface area contributed by atoms with E-state index in [0.29, 0.717) is 26.2 Å². The maximum atomic E-state index is 13.5. The maximum Gasteiger partial charge on any atom is 0.244 e. The van der Waals surface area contributed by atoms with Crippen LogP contribution >= 0.6 is 0 Å². The number of aromatic nitrogens is 1. The third kappa shape index (κ3) is 4.59. The Morgan fingerprint density at radius 1 is 0.862 bits per heavy atom. The minimum atomic E-state index is -3.00.